The Balaban J connectivity index is 2.15. The lowest BCUT2D eigenvalue weighted by atomic mass is 10.1. The zero-order valence-corrected chi connectivity index (χ0v) is 13.4. The van der Waals surface area contributed by atoms with Gasteiger partial charge in [0.25, 0.3) is 0 Å². The monoisotopic (exact) mass is 321 g/mol. The number of nitrogens with two attached hydrogens (primary N) is 1. The fourth-order valence-electron chi connectivity index (χ4n) is 1.96. The normalized spacial score (nSPS) is 10.2. The molecule has 0 aliphatic carbocycles. The molecule has 0 saturated heterocycles. The van der Waals surface area contributed by atoms with Gasteiger partial charge in [0.15, 0.2) is 0 Å². The van der Waals surface area contributed by atoms with Gasteiger partial charge in [-0.1, -0.05) is 29.9 Å². The van der Waals surface area contributed by atoms with Gasteiger partial charge in [0, 0.05) is 5.02 Å². The van der Waals surface area contributed by atoms with Gasteiger partial charge in [-0.25, -0.2) is 0 Å². The minimum atomic E-state index is 0.313. The van der Waals surface area contributed by atoms with Gasteiger partial charge in [0.2, 0.25) is 0 Å². The molecule has 2 aromatic rings. The summed E-state index contributed by atoms with van der Waals surface area (Å²) in [7, 11) is 1.59. The molecule has 0 heterocycles. The summed E-state index contributed by atoms with van der Waals surface area (Å²) in [6.07, 6.45) is 0. The molecular formula is C16H16ClNO2S. The first-order valence-corrected chi connectivity index (χ1v) is 7.15. The Hall–Kier alpha value is -1.78. The smallest absolute Gasteiger partial charge is 0.129 e. The van der Waals surface area contributed by atoms with Crippen molar-refractivity contribution in [2.45, 2.75) is 13.5 Å². The first kappa shape index (κ1) is 15.6. The Labute approximate surface area is 134 Å². The van der Waals surface area contributed by atoms with E-state index in [9.17, 15) is 0 Å². The van der Waals surface area contributed by atoms with Gasteiger partial charge in [-0.05, 0) is 48.4 Å². The van der Waals surface area contributed by atoms with Crippen LogP contribution >= 0.6 is 23.8 Å². The van der Waals surface area contributed by atoms with E-state index in [1.54, 1.807) is 13.2 Å². The average Bonchev–Trinajstić information content (AvgIpc) is 2.45. The lowest BCUT2D eigenvalue weighted by Crippen LogP contribution is -2.11. The van der Waals surface area contributed by atoms with Gasteiger partial charge in [-0.15, -0.1) is 0 Å². The minimum Gasteiger partial charge on any atom is -0.496 e. The number of hydrogen-bond donors (Lipinski definition) is 1. The second-order valence-corrected chi connectivity index (χ2v) is 5.47. The first-order valence-electron chi connectivity index (χ1n) is 6.37. The molecule has 0 aliphatic heterocycles. The van der Waals surface area contributed by atoms with E-state index in [0.29, 0.717) is 22.4 Å². The van der Waals surface area contributed by atoms with Crippen LogP contribution in [0.1, 0.15) is 16.7 Å². The summed E-state index contributed by atoms with van der Waals surface area (Å²) in [6.45, 7) is 2.38. The predicted octanol–water partition coefficient (Wildman–Crippen LogP) is 3.87. The number of thiocarbonyl (C=S) groups is 1. The molecule has 0 aromatic heterocycles. The standard InChI is InChI=1S/C16H16ClNO2S/c1-10-7-12(17)4-6-14(10)20-9-11-3-5-13(16(18)21)15(8-11)19-2/h3-8H,9H2,1-2H3,(H2,18,21). The molecule has 0 unspecified atom stereocenters. The van der Waals surface area contributed by atoms with Crippen LogP contribution in [-0.2, 0) is 6.61 Å². The van der Waals surface area contributed by atoms with Crippen LogP contribution in [0.3, 0.4) is 0 Å². The SMILES string of the molecule is COc1cc(COc2ccc(Cl)cc2C)ccc1C(N)=S. The van der Waals surface area contributed by atoms with Gasteiger partial charge < -0.3 is 15.2 Å². The van der Waals surface area contributed by atoms with E-state index in [-0.39, 0.29) is 0 Å². The molecule has 0 saturated carbocycles. The third-order valence-electron chi connectivity index (χ3n) is 3.06. The fraction of sp³-hybridized carbons (Fsp3) is 0.188. The van der Waals surface area contributed by atoms with Crippen LogP contribution in [0, 0.1) is 6.92 Å². The molecule has 0 bridgehead atoms. The van der Waals surface area contributed by atoms with E-state index < -0.39 is 0 Å². The van der Waals surface area contributed by atoms with Crippen LogP contribution in [-0.4, -0.2) is 12.1 Å². The van der Waals surface area contributed by atoms with Gasteiger partial charge >= 0.3 is 0 Å². The molecule has 2 rings (SSSR count). The number of benzene rings is 2. The summed E-state index contributed by atoms with van der Waals surface area (Å²) in [4.78, 5) is 0.313. The lowest BCUT2D eigenvalue weighted by molar-refractivity contribution is 0.303. The predicted molar refractivity (Wildman–Crippen MR) is 89.4 cm³/mol. The van der Waals surface area contributed by atoms with Crippen LogP contribution in [0.15, 0.2) is 36.4 Å². The van der Waals surface area contributed by atoms with Crippen molar-refractivity contribution in [3.8, 4) is 11.5 Å². The van der Waals surface area contributed by atoms with Crippen LogP contribution in [0.25, 0.3) is 0 Å². The topological polar surface area (TPSA) is 44.5 Å². The maximum Gasteiger partial charge on any atom is 0.129 e. The summed E-state index contributed by atoms with van der Waals surface area (Å²) in [6, 6.07) is 11.2. The first-order chi connectivity index (χ1) is 10.0. The quantitative estimate of drug-likeness (QED) is 0.849. The van der Waals surface area contributed by atoms with Crippen molar-refractivity contribution in [2.24, 2.45) is 5.73 Å². The number of hydrogen-bond acceptors (Lipinski definition) is 3. The number of ether oxygens (including phenoxy) is 2. The second kappa shape index (κ2) is 6.78. The molecule has 0 amide bonds. The molecule has 2 aromatic carbocycles. The number of rotatable bonds is 5. The molecule has 110 valence electrons. The summed E-state index contributed by atoms with van der Waals surface area (Å²) in [5.41, 5.74) is 8.34. The van der Waals surface area contributed by atoms with Crippen molar-refractivity contribution in [1.82, 2.24) is 0 Å². The number of halogens is 1. The van der Waals surface area contributed by atoms with Crippen LogP contribution in [0.5, 0.6) is 11.5 Å². The van der Waals surface area contributed by atoms with Gasteiger partial charge in [0.1, 0.15) is 23.1 Å². The number of methoxy groups -OCH3 is 1. The van der Waals surface area contributed by atoms with Crippen molar-refractivity contribution in [2.75, 3.05) is 7.11 Å². The van der Waals surface area contributed by atoms with E-state index in [2.05, 4.69) is 0 Å². The van der Waals surface area contributed by atoms with Crippen molar-refractivity contribution < 1.29 is 9.47 Å². The zero-order chi connectivity index (χ0) is 15.4. The van der Waals surface area contributed by atoms with E-state index in [4.69, 9.17) is 39.0 Å². The highest BCUT2D eigenvalue weighted by molar-refractivity contribution is 7.80. The van der Waals surface area contributed by atoms with Gasteiger partial charge in [-0.2, -0.15) is 0 Å². The maximum absolute atomic E-state index is 5.92. The number of aryl methyl sites for hydroxylation is 1. The van der Waals surface area contributed by atoms with Crippen molar-refractivity contribution >= 4 is 28.8 Å². The summed E-state index contributed by atoms with van der Waals surface area (Å²) >= 11 is 10.9. The molecule has 0 aliphatic rings. The molecule has 0 atom stereocenters. The van der Waals surface area contributed by atoms with E-state index in [1.165, 1.54) is 0 Å². The summed E-state index contributed by atoms with van der Waals surface area (Å²) in [5, 5.41) is 0.697. The largest absolute Gasteiger partial charge is 0.496 e. The minimum absolute atomic E-state index is 0.313. The lowest BCUT2D eigenvalue weighted by Gasteiger charge is -2.12. The van der Waals surface area contributed by atoms with Crippen molar-refractivity contribution in [3.05, 3.63) is 58.1 Å². The Morgan fingerprint density at radius 1 is 1.19 bits per heavy atom. The highest BCUT2D eigenvalue weighted by Gasteiger charge is 2.08. The van der Waals surface area contributed by atoms with Crippen LogP contribution in [0.4, 0.5) is 0 Å². The molecule has 2 N–H and O–H groups in total. The van der Waals surface area contributed by atoms with Gasteiger partial charge in [-0.3, -0.25) is 0 Å². The van der Waals surface area contributed by atoms with E-state index in [0.717, 1.165) is 22.4 Å². The Morgan fingerprint density at radius 3 is 2.57 bits per heavy atom. The van der Waals surface area contributed by atoms with E-state index in [1.807, 2.05) is 37.3 Å². The van der Waals surface area contributed by atoms with Crippen molar-refractivity contribution in [3.63, 3.8) is 0 Å². The van der Waals surface area contributed by atoms with Crippen LogP contribution in [0.2, 0.25) is 5.02 Å². The molecule has 21 heavy (non-hydrogen) atoms. The third kappa shape index (κ3) is 3.86. The fourth-order valence-corrected chi connectivity index (χ4v) is 2.36. The molecule has 3 nitrogen and oxygen atoms in total. The molecule has 0 radical (unpaired) electrons. The second-order valence-electron chi connectivity index (χ2n) is 4.60. The maximum atomic E-state index is 5.92. The molecular weight excluding hydrogens is 306 g/mol. The molecule has 5 heteroatoms. The highest BCUT2D eigenvalue weighted by Crippen LogP contribution is 2.24. The summed E-state index contributed by atoms with van der Waals surface area (Å²) < 4.78 is 11.1. The third-order valence-corrected chi connectivity index (χ3v) is 3.52. The Morgan fingerprint density at radius 2 is 1.95 bits per heavy atom. The average molecular weight is 322 g/mol. The molecule has 0 spiro atoms. The zero-order valence-electron chi connectivity index (χ0n) is 11.9. The Kier molecular flexibility index (Phi) is 5.04. The summed E-state index contributed by atoms with van der Waals surface area (Å²) in [5.74, 6) is 1.45. The van der Waals surface area contributed by atoms with E-state index >= 15 is 0 Å². The molecule has 0 fully saturated rings. The highest BCUT2D eigenvalue weighted by atomic mass is 35.5. The van der Waals surface area contributed by atoms with Gasteiger partial charge in [0.05, 0.1) is 12.7 Å². The van der Waals surface area contributed by atoms with Crippen molar-refractivity contribution in [1.29, 1.82) is 0 Å². The Bertz CT molecular complexity index is 673. The van der Waals surface area contributed by atoms with Crippen LogP contribution < -0.4 is 15.2 Å².